The van der Waals surface area contributed by atoms with Gasteiger partial charge in [-0.1, -0.05) is 0 Å². The molecule has 3 aliphatic rings. The first-order valence-corrected chi connectivity index (χ1v) is 9.02. The molecule has 28 heavy (non-hydrogen) atoms. The van der Waals surface area contributed by atoms with Crippen LogP contribution in [0.1, 0.15) is 12.8 Å². The molecule has 3 aliphatic heterocycles. The van der Waals surface area contributed by atoms with Crippen molar-refractivity contribution in [1.29, 1.82) is 0 Å². The lowest BCUT2D eigenvalue weighted by Gasteiger charge is -2.31. The van der Waals surface area contributed by atoms with Crippen LogP contribution in [0.3, 0.4) is 0 Å². The second kappa shape index (κ2) is 9.14. The van der Waals surface area contributed by atoms with E-state index in [-0.39, 0.29) is 0 Å². The predicted octanol–water partition coefficient (Wildman–Crippen LogP) is 1.73. The number of furan rings is 1. The summed E-state index contributed by atoms with van der Waals surface area (Å²) in [5, 5.41) is 24.4. The Kier molecular flexibility index (Phi) is 6.38. The van der Waals surface area contributed by atoms with Gasteiger partial charge in [-0.2, -0.15) is 0 Å². The summed E-state index contributed by atoms with van der Waals surface area (Å²) < 4.78 is 5.09. The van der Waals surface area contributed by atoms with Crippen LogP contribution in [0, 0.1) is 0 Å². The van der Waals surface area contributed by atoms with Gasteiger partial charge in [-0.25, -0.2) is 9.59 Å². The standard InChI is InChI=1S/C15H18N4O.C4H4O4/c1-2-15(17-16-14(1)12-5-10-20-11-12)19-9-8-18-6-3-13(19)4-7-18;5-3(6)1-2-4(7)8/h1-2,5,10-11,13H,3-4,6-9H2;1-2H,(H,5,6)(H,7,8)/b;2-1+. The predicted molar refractivity (Wildman–Crippen MR) is 101 cm³/mol. The number of rotatable bonds is 4. The van der Waals surface area contributed by atoms with Gasteiger partial charge in [-0.05, 0) is 31.0 Å². The molecule has 0 saturated carbocycles. The Bertz CT molecular complexity index is 795. The molecule has 0 aromatic carbocycles. The van der Waals surface area contributed by atoms with Crippen LogP contribution in [0.5, 0.6) is 0 Å². The Morgan fingerprint density at radius 2 is 1.71 bits per heavy atom. The van der Waals surface area contributed by atoms with Crippen LogP contribution in [0.25, 0.3) is 11.3 Å². The van der Waals surface area contributed by atoms with Gasteiger partial charge in [0, 0.05) is 49.9 Å². The van der Waals surface area contributed by atoms with Crippen LogP contribution in [-0.4, -0.2) is 69.5 Å². The molecule has 5 heterocycles. The first-order valence-electron chi connectivity index (χ1n) is 9.02. The zero-order valence-electron chi connectivity index (χ0n) is 15.3. The monoisotopic (exact) mass is 386 g/mol. The third-order valence-electron chi connectivity index (χ3n) is 4.79. The SMILES string of the molecule is O=C(O)/C=C/C(=O)O.c1cc(-c2ccc(N3CCN4CCC3CC4)nn2)co1. The summed E-state index contributed by atoms with van der Waals surface area (Å²) in [5.74, 6) is -1.51. The van der Waals surface area contributed by atoms with Gasteiger partial charge >= 0.3 is 11.9 Å². The lowest BCUT2D eigenvalue weighted by atomic mass is 10.1. The zero-order chi connectivity index (χ0) is 19.9. The molecule has 0 aliphatic carbocycles. The largest absolute Gasteiger partial charge is 0.478 e. The van der Waals surface area contributed by atoms with E-state index >= 15 is 0 Å². The summed E-state index contributed by atoms with van der Waals surface area (Å²) >= 11 is 0. The Morgan fingerprint density at radius 1 is 1.00 bits per heavy atom. The van der Waals surface area contributed by atoms with Crippen molar-refractivity contribution in [3.05, 3.63) is 42.9 Å². The third kappa shape index (κ3) is 5.17. The average Bonchev–Trinajstić information content (AvgIpc) is 3.07. The quantitative estimate of drug-likeness (QED) is 0.757. The summed E-state index contributed by atoms with van der Waals surface area (Å²) in [5.41, 5.74) is 1.84. The van der Waals surface area contributed by atoms with E-state index in [4.69, 9.17) is 14.6 Å². The van der Waals surface area contributed by atoms with Crippen LogP contribution in [0.2, 0.25) is 0 Å². The lowest BCUT2D eigenvalue weighted by Crippen LogP contribution is -2.38. The maximum Gasteiger partial charge on any atom is 0.328 e. The number of fused-ring (bicyclic) bond motifs is 4. The van der Waals surface area contributed by atoms with Gasteiger partial charge in [0.15, 0.2) is 5.82 Å². The van der Waals surface area contributed by atoms with Crippen LogP contribution in [0.15, 0.2) is 47.3 Å². The van der Waals surface area contributed by atoms with E-state index in [0.29, 0.717) is 18.2 Å². The van der Waals surface area contributed by atoms with Gasteiger partial charge in [-0.15, -0.1) is 10.2 Å². The van der Waals surface area contributed by atoms with Gasteiger partial charge in [0.2, 0.25) is 0 Å². The fourth-order valence-electron chi connectivity index (χ4n) is 3.37. The number of aliphatic carboxylic acids is 2. The molecule has 3 saturated heterocycles. The van der Waals surface area contributed by atoms with Crippen molar-refractivity contribution in [2.24, 2.45) is 0 Å². The molecule has 148 valence electrons. The molecule has 0 spiro atoms. The summed E-state index contributed by atoms with van der Waals surface area (Å²) in [7, 11) is 0. The number of carboxylic acids is 2. The third-order valence-corrected chi connectivity index (χ3v) is 4.79. The molecular formula is C19H22N4O5. The maximum atomic E-state index is 9.55. The molecule has 5 rings (SSSR count). The highest BCUT2D eigenvalue weighted by molar-refractivity contribution is 5.89. The maximum absolute atomic E-state index is 9.55. The Balaban J connectivity index is 0.000000242. The number of carbonyl (C=O) groups is 2. The molecule has 0 unspecified atom stereocenters. The van der Waals surface area contributed by atoms with Crippen molar-refractivity contribution in [1.82, 2.24) is 15.1 Å². The minimum atomic E-state index is -1.26. The molecule has 0 atom stereocenters. The fraction of sp³-hybridized carbons (Fsp3) is 0.368. The topological polar surface area (TPSA) is 120 Å². The fourth-order valence-corrected chi connectivity index (χ4v) is 3.37. The van der Waals surface area contributed by atoms with Crippen LogP contribution in [0.4, 0.5) is 5.82 Å². The van der Waals surface area contributed by atoms with E-state index in [2.05, 4.69) is 26.1 Å². The van der Waals surface area contributed by atoms with E-state index in [9.17, 15) is 9.59 Å². The molecule has 2 N–H and O–H groups in total. The van der Waals surface area contributed by atoms with E-state index in [1.165, 1.54) is 25.9 Å². The van der Waals surface area contributed by atoms with Gasteiger partial charge in [-0.3, -0.25) is 0 Å². The lowest BCUT2D eigenvalue weighted by molar-refractivity contribution is -0.134. The van der Waals surface area contributed by atoms with Gasteiger partial charge in [0.1, 0.15) is 0 Å². The zero-order valence-corrected chi connectivity index (χ0v) is 15.3. The molecular weight excluding hydrogens is 364 g/mol. The number of aromatic nitrogens is 2. The molecule has 9 heteroatoms. The van der Waals surface area contributed by atoms with Gasteiger partial charge in [0.05, 0.1) is 18.2 Å². The first-order chi connectivity index (χ1) is 13.5. The molecule has 2 aromatic rings. The molecule has 2 bridgehead atoms. The van der Waals surface area contributed by atoms with Crippen molar-refractivity contribution < 1.29 is 24.2 Å². The summed E-state index contributed by atoms with van der Waals surface area (Å²) in [6.45, 7) is 4.65. The van der Waals surface area contributed by atoms with Crippen molar-refractivity contribution >= 4 is 17.8 Å². The number of carboxylic acid groups (broad SMARTS) is 2. The Morgan fingerprint density at radius 3 is 2.25 bits per heavy atom. The smallest absolute Gasteiger partial charge is 0.328 e. The number of hydrogen-bond donors (Lipinski definition) is 2. The second-order valence-electron chi connectivity index (χ2n) is 6.56. The summed E-state index contributed by atoms with van der Waals surface area (Å²) in [6, 6.07) is 6.65. The van der Waals surface area contributed by atoms with Crippen LogP contribution >= 0.6 is 0 Å². The number of nitrogens with zero attached hydrogens (tertiary/aromatic N) is 4. The summed E-state index contributed by atoms with van der Waals surface area (Å²) in [6.07, 6.45) is 6.96. The number of piperidine rings is 1. The van der Waals surface area contributed by atoms with E-state index in [1.54, 1.807) is 12.5 Å². The minimum absolute atomic E-state index is 0.558. The van der Waals surface area contributed by atoms with Crippen molar-refractivity contribution in [3.63, 3.8) is 0 Å². The molecule has 0 radical (unpaired) electrons. The normalized spacial score (nSPS) is 21.1. The molecule has 3 fully saturated rings. The number of hydrogen-bond acceptors (Lipinski definition) is 7. The highest BCUT2D eigenvalue weighted by Gasteiger charge is 2.29. The Hall–Kier alpha value is -3.20. The van der Waals surface area contributed by atoms with Gasteiger partial charge < -0.3 is 24.4 Å². The van der Waals surface area contributed by atoms with Crippen LogP contribution < -0.4 is 4.90 Å². The van der Waals surface area contributed by atoms with Crippen molar-refractivity contribution in [2.75, 3.05) is 31.1 Å². The highest BCUT2D eigenvalue weighted by atomic mass is 16.4. The minimum Gasteiger partial charge on any atom is -0.478 e. The second-order valence-corrected chi connectivity index (χ2v) is 6.56. The molecule has 9 nitrogen and oxygen atoms in total. The van der Waals surface area contributed by atoms with Gasteiger partial charge in [0.25, 0.3) is 0 Å². The highest BCUT2D eigenvalue weighted by Crippen LogP contribution is 2.26. The van der Waals surface area contributed by atoms with E-state index in [1.807, 2.05) is 12.1 Å². The molecule has 2 aromatic heterocycles. The average molecular weight is 386 g/mol. The number of anilines is 1. The summed E-state index contributed by atoms with van der Waals surface area (Å²) in [4.78, 5) is 24.1. The van der Waals surface area contributed by atoms with E-state index in [0.717, 1.165) is 30.2 Å². The molecule has 0 amide bonds. The Labute approximate surface area is 161 Å². The van der Waals surface area contributed by atoms with Crippen molar-refractivity contribution in [2.45, 2.75) is 18.9 Å². The first kappa shape index (κ1) is 19.6. The van der Waals surface area contributed by atoms with Crippen LogP contribution in [-0.2, 0) is 9.59 Å². The van der Waals surface area contributed by atoms with E-state index < -0.39 is 11.9 Å². The van der Waals surface area contributed by atoms with Crippen molar-refractivity contribution in [3.8, 4) is 11.3 Å².